The number of amides is 1. The Hall–Kier alpha value is -3.58. The van der Waals surface area contributed by atoms with Crippen molar-refractivity contribution in [3.63, 3.8) is 0 Å². The fourth-order valence-corrected chi connectivity index (χ4v) is 4.89. The molecule has 4 rings (SSSR count). The van der Waals surface area contributed by atoms with Gasteiger partial charge in [0.1, 0.15) is 17.1 Å². The number of nitrogens with one attached hydrogen (secondary N) is 1. The highest BCUT2D eigenvalue weighted by Gasteiger charge is 2.25. The van der Waals surface area contributed by atoms with Crippen LogP contribution in [0.2, 0.25) is 0 Å². The minimum Gasteiger partial charge on any atom is -0.496 e. The van der Waals surface area contributed by atoms with Gasteiger partial charge in [-0.2, -0.15) is 0 Å². The maximum atomic E-state index is 13.4. The van der Waals surface area contributed by atoms with Crippen LogP contribution in [0.5, 0.6) is 11.5 Å². The first kappa shape index (κ1) is 24.5. The van der Waals surface area contributed by atoms with Crippen molar-refractivity contribution in [2.24, 2.45) is 0 Å². The van der Waals surface area contributed by atoms with Crippen LogP contribution in [-0.4, -0.2) is 42.7 Å². The summed E-state index contributed by atoms with van der Waals surface area (Å²) in [5.41, 5.74) is 5.62. The second-order valence-corrected chi connectivity index (χ2v) is 9.04. The third kappa shape index (κ3) is 5.57. The summed E-state index contributed by atoms with van der Waals surface area (Å²) < 4.78 is 12.6. The van der Waals surface area contributed by atoms with Crippen LogP contribution in [0.3, 0.4) is 0 Å². The average molecular weight is 476 g/mol. The van der Waals surface area contributed by atoms with Crippen LogP contribution in [0.4, 0.5) is 0 Å². The molecule has 0 bridgehead atoms. The van der Waals surface area contributed by atoms with Crippen LogP contribution >= 0.6 is 0 Å². The fraction of sp³-hybridized carbons (Fsp3) is 0.357. The number of aryl methyl sites for hydroxylation is 2. The minimum atomic E-state index is -0.265. The Morgan fingerprint density at radius 3 is 2.37 bits per heavy atom. The number of carbonyl (C=O) groups excluding carboxylic acids is 1. The molecule has 3 aromatic rings. The number of methoxy groups -OCH3 is 2. The van der Waals surface area contributed by atoms with Crippen molar-refractivity contribution < 1.29 is 14.3 Å². The van der Waals surface area contributed by atoms with E-state index in [-0.39, 0.29) is 11.5 Å². The molecule has 0 saturated carbocycles. The van der Waals surface area contributed by atoms with Gasteiger partial charge in [0.25, 0.3) is 11.5 Å². The van der Waals surface area contributed by atoms with Gasteiger partial charge < -0.3 is 19.4 Å². The molecule has 0 aliphatic carbocycles. The number of rotatable bonds is 7. The molecule has 2 heterocycles. The van der Waals surface area contributed by atoms with E-state index in [0.29, 0.717) is 36.6 Å². The normalized spacial score (nSPS) is 13.6. The Balaban J connectivity index is 1.58. The van der Waals surface area contributed by atoms with E-state index in [1.54, 1.807) is 11.7 Å². The van der Waals surface area contributed by atoms with Gasteiger partial charge in [-0.1, -0.05) is 47.5 Å². The third-order valence-corrected chi connectivity index (χ3v) is 6.45. The highest BCUT2D eigenvalue weighted by atomic mass is 16.5. The number of para-hydroxylation sites is 1. The van der Waals surface area contributed by atoms with Crippen molar-refractivity contribution in [1.29, 1.82) is 0 Å². The summed E-state index contributed by atoms with van der Waals surface area (Å²) in [6, 6.07) is 15.6. The molecule has 0 fully saturated rings. The summed E-state index contributed by atoms with van der Waals surface area (Å²) in [7, 11) is 3.10. The largest absolute Gasteiger partial charge is 0.496 e. The van der Waals surface area contributed by atoms with E-state index in [1.165, 1.54) is 29.9 Å². The van der Waals surface area contributed by atoms with E-state index in [0.717, 1.165) is 30.9 Å². The Morgan fingerprint density at radius 2 is 1.66 bits per heavy atom. The smallest absolute Gasteiger partial charge is 0.257 e. The second-order valence-electron chi connectivity index (χ2n) is 9.04. The Kier molecular flexibility index (Phi) is 7.56. The van der Waals surface area contributed by atoms with E-state index < -0.39 is 0 Å². The molecule has 1 amide bonds. The molecule has 7 heteroatoms. The number of ether oxygens (including phenoxy) is 2. The van der Waals surface area contributed by atoms with Crippen molar-refractivity contribution in [2.45, 2.75) is 39.9 Å². The maximum absolute atomic E-state index is 13.4. The standard InChI is InChI=1S/C28H33N3O4/c1-19-13-20(2)15-21(14-19)18-30-10-9-23-27(25(35-4)16-26(32)31(23)12-11-30)28(33)29-17-22-7-5-6-8-24(22)34-3/h5-8,13-16H,9-12,17-18H2,1-4H3,(H,29,33). The van der Waals surface area contributed by atoms with E-state index >= 15 is 0 Å². The molecular weight excluding hydrogens is 442 g/mol. The maximum Gasteiger partial charge on any atom is 0.257 e. The molecule has 184 valence electrons. The summed E-state index contributed by atoms with van der Waals surface area (Å²) >= 11 is 0. The lowest BCUT2D eigenvalue weighted by Crippen LogP contribution is -2.31. The number of pyridine rings is 1. The molecule has 0 radical (unpaired) electrons. The predicted molar refractivity (Wildman–Crippen MR) is 136 cm³/mol. The first-order valence-corrected chi connectivity index (χ1v) is 11.9. The second kappa shape index (κ2) is 10.8. The number of hydrogen-bond acceptors (Lipinski definition) is 5. The highest BCUT2D eigenvalue weighted by molar-refractivity contribution is 5.98. The number of aromatic nitrogens is 1. The molecule has 1 aromatic heterocycles. The molecule has 0 atom stereocenters. The van der Waals surface area contributed by atoms with Gasteiger partial charge in [-0.05, 0) is 25.5 Å². The third-order valence-electron chi connectivity index (χ3n) is 6.45. The monoisotopic (exact) mass is 475 g/mol. The summed E-state index contributed by atoms with van der Waals surface area (Å²) in [6.07, 6.45) is 0.578. The lowest BCUT2D eigenvalue weighted by molar-refractivity contribution is 0.0945. The van der Waals surface area contributed by atoms with Crippen molar-refractivity contribution in [3.8, 4) is 11.5 Å². The van der Waals surface area contributed by atoms with E-state index in [1.807, 2.05) is 24.3 Å². The Bertz CT molecular complexity index is 1260. The molecule has 35 heavy (non-hydrogen) atoms. The number of benzene rings is 2. The summed E-state index contributed by atoms with van der Waals surface area (Å²) in [5.74, 6) is 0.755. The highest BCUT2D eigenvalue weighted by Crippen LogP contribution is 2.24. The summed E-state index contributed by atoms with van der Waals surface area (Å²) in [6.45, 7) is 7.32. The first-order chi connectivity index (χ1) is 16.9. The van der Waals surface area contributed by atoms with E-state index in [4.69, 9.17) is 9.47 Å². The lowest BCUT2D eigenvalue weighted by Gasteiger charge is -2.20. The van der Waals surface area contributed by atoms with Crippen LogP contribution in [0.15, 0.2) is 53.3 Å². The zero-order chi connectivity index (χ0) is 24.9. The van der Waals surface area contributed by atoms with Gasteiger partial charge in [-0.3, -0.25) is 14.5 Å². The van der Waals surface area contributed by atoms with Gasteiger partial charge in [0, 0.05) is 56.5 Å². The zero-order valence-corrected chi connectivity index (χ0v) is 20.9. The van der Waals surface area contributed by atoms with Crippen molar-refractivity contribution >= 4 is 5.91 Å². The summed E-state index contributed by atoms with van der Waals surface area (Å²) in [4.78, 5) is 28.6. The van der Waals surface area contributed by atoms with Gasteiger partial charge in [0.2, 0.25) is 0 Å². The van der Waals surface area contributed by atoms with Crippen LogP contribution in [0.25, 0.3) is 0 Å². The molecule has 7 nitrogen and oxygen atoms in total. The van der Waals surface area contributed by atoms with Crippen LogP contribution in [0, 0.1) is 13.8 Å². The molecule has 0 unspecified atom stereocenters. The Labute approximate surface area is 206 Å². The molecule has 0 saturated heterocycles. The quantitative estimate of drug-likeness (QED) is 0.567. The molecule has 1 N–H and O–H groups in total. The molecular formula is C28H33N3O4. The van der Waals surface area contributed by atoms with Crippen LogP contribution < -0.4 is 20.3 Å². The fourth-order valence-electron chi connectivity index (χ4n) is 4.89. The lowest BCUT2D eigenvalue weighted by atomic mass is 10.1. The first-order valence-electron chi connectivity index (χ1n) is 11.9. The number of carbonyl (C=O) groups is 1. The Morgan fingerprint density at radius 1 is 0.943 bits per heavy atom. The molecule has 1 aliphatic rings. The van der Waals surface area contributed by atoms with Gasteiger partial charge in [-0.25, -0.2) is 0 Å². The SMILES string of the molecule is COc1ccccc1CNC(=O)c1c(OC)cc(=O)n2c1CCN(Cc1cc(C)cc(C)c1)CC2. The van der Waals surface area contributed by atoms with Gasteiger partial charge in [0.05, 0.1) is 14.2 Å². The molecule has 0 spiro atoms. The zero-order valence-electron chi connectivity index (χ0n) is 20.9. The van der Waals surface area contributed by atoms with Gasteiger partial charge in [0.15, 0.2) is 0 Å². The number of nitrogens with zero attached hydrogens (tertiary/aromatic N) is 2. The average Bonchev–Trinajstić information content (AvgIpc) is 3.05. The van der Waals surface area contributed by atoms with Crippen molar-refractivity contribution in [3.05, 3.63) is 92.4 Å². The molecule has 1 aliphatic heterocycles. The summed E-state index contributed by atoms with van der Waals surface area (Å²) in [5, 5.41) is 2.99. The number of fused-ring (bicyclic) bond motifs is 1. The van der Waals surface area contributed by atoms with E-state index in [2.05, 4.69) is 42.3 Å². The number of hydrogen-bond donors (Lipinski definition) is 1. The molecule has 2 aromatic carbocycles. The van der Waals surface area contributed by atoms with E-state index in [9.17, 15) is 9.59 Å². The van der Waals surface area contributed by atoms with Gasteiger partial charge in [-0.15, -0.1) is 0 Å². The van der Waals surface area contributed by atoms with Crippen LogP contribution in [-0.2, 0) is 26.1 Å². The van der Waals surface area contributed by atoms with Crippen molar-refractivity contribution in [1.82, 2.24) is 14.8 Å². The van der Waals surface area contributed by atoms with Gasteiger partial charge >= 0.3 is 0 Å². The predicted octanol–water partition coefficient (Wildman–Crippen LogP) is 3.47. The minimum absolute atomic E-state index is 0.147. The van der Waals surface area contributed by atoms with Crippen LogP contribution in [0.1, 0.15) is 38.3 Å². The topological polar surface area (TPSA) is 72.8 Å². The van der Waals surface area contributed by atoms with Crippen molar-refractivity contribution in [2.75, 3.05) is 27.3 Å².